The molecule has 0 aliphatic carbocycles. The predicted molar refractivity (Wildman–Crippen MR) is 104 cm³/mol. The standard InChI is InChI=1S/C21H18F2N2O2S/c1-3-16-11-20(27-17-7-5-15(6-8-17)13(2)26)25-21(24-16)28-12-14-4-9-18(22)19(23)10-14/h4-11H,3,12H2,1-2H3. The van der Waals surface area contributed by atoms with Crippen molar-refractivity contribution in [2.24, 2.45) is 0 Å². The summed E-state index contributed by atoms with van der Waals surface area (Å²) in [6.45, 7) is 3.47. The number of hydrogen-bond donors (Lipinski definition) is 0. The molecule has 4 nitrogen and oxygen atoms in total. The molecule has 0 bridgehead atoms. The van der Waals surface area contributed by atoms with Crippen LogP contribution in [0.4, 0.5) is 8.78 Å². The predicted octanol–water partition coefficient (Wildman–Crippen LogP) is 5.60. The van der Waals surface area contributed by atoms with Crippen LogP contribution in [0, 0.1) is 11.6 Å². The van der Waals surface area contributed by atoms with Gasteiger partial charge in [0.2, 0.25) is 5.88 Å². The van der Waals surface area contributed by atoms with Crippen molar-refractivity contribution in [3.05, 3.63) is 77.0 Å². The highest BCUT2D eigenvalue weighted by Crippen LogP contribution is 2.26. The number of thioether (sulfide) groups is 1. The van der Waals surface area contributed by atoms with E-state index in [1.165, 1.54) is 30.8 Å². The molecule has 1 heterocycles. The van der Waals surface area contributed by atoms with Crippen LogP contribution in [0.1, 0.15) is 35.5 Å². The van der Waals surface area contributed by atoms with E-state index in [4.69, 9.17) is 4.74 Å². The van der Waals surface area contributed by atoms with Crippen LogP contribution in [0.3, 0.4) is 0 Å². The number of halogens is 2. The van der Waals surface area contributed by atoms with Crippen molar-refractivity contribution >= 4 is 17.5 Å². The second kappa shape index (κ2) is 8.93. The molecule has 0 atom stereocenters. The number of carbonyl (C=O) groups is 1. The monoisotopic (exact) mass is 400 g/mol. The Bertz CT molecular complexity index is 994. The number of aryl methyl sites for hydroxylation is 1. The fraction of sp³-hybridized carbons (Fsp3) is 0.190. The van der Waals surface area contributed by atoms with Gasteiger partial charge in [-0.15, -0.1) is 0 Å². The summed E-state index contributed by atoms with van der Waals surface area (Å²) in [5.74, 6) is -0.420. The Hall–Kier alpha value is -2.80. The molecular weight excluding hydrogens is 382 g/mol. The Kier molecular flexibility index (Phi) is 6.36. The van der Waals surface area contributed by atoms with Crippen LogP contribution in [0.15, 0.2) is 53.7 Å². The van der Waals surface area contributed by atoms with Crippen molar-refractivity contribution in [1.29, 1.82) is 0 Å². The number of aromatic nitrogens is 2. The first-order valence-corrected chi connectivity index (χ1v) is 9.66. The van der Waals surface area contributed by atoms with Gasteiger partial charge in [-0.05, 0) is 55.3 Å². The van der Waals surface area contributed by atoms with Crippen LogP contribution >= 0.6 is 11.8 Å². The summed E-state index contributed by atoms with van der Waals surface area (Å²) in [4.78, 5) is 20.2. The lowest BCUT2D eigenvalue weighted by atomic mass is 10.1. The van der Waals surface area contributed by atoms with Crippen LogP contribution < -0.4 is 4.74 Å². The lowest BCUT2D eigenvalue weighted by molar-refractivity contribution is 0.101. The molecule has 0 fully saturated rings. The smallest absolute Gasteiger partial charge is 0.223 e. The third kappa shape index (κ3) is 5.13. The van der Waals surface area contributed by atoms with Gasteiger partial charge in [-0.25, -0.2) is 13.8 Å². The van der Waals surface area contributed by atoms with Gasteiger partial charge >= 0.3 is 0 Å². The molecule has 28 heavy (non-hydrogen) atoms. The van der Waals surface area contributed by atoms with Gasteiger partial charge in [0, 0.05) is 23.1 Å². The quantitative estimate of drug-likeness (QED) is 0.293. The molecule has 0 aliphatic heterocycles. The number of nitrogens with zero attached hydrogens (tertiary/aromatic N) is 2. The van der Waals surface area contributed by atoms with E-state index in [1.807, 2.05) is 6.92 Å². The molecule has 0 N–H and O–H groups in total. The Morgan fingerprint density at radius 1 is 1.04 bits per heavy atom. The molecule has 0 radical (unpaired) electrons. The van der Waals surface area contributed by atoms with Crippen LogP contribution in [-0.4, -0.2) is 15.8 Å². The number of hydrogen-bond acceptors (Lipinski definition) is 5. The van der Waals surface area contributed by atoms with Crippen molar-refractivity contribution in [2.45, 2.75) is 31.2 Å². The highest BCUT2D eigenvalue weighted by Gasteiger charge is 2.09. The maximum Gasteiger partial charge on any atom is 0.223 e. The van der Waals surface area contributed by atoms with Gasteiger partial charge in [0.15, 0.2) is 22.6 Å². The van der Waals surface area contributed by atoms with E-state index < -0.39 is 11.6 Å². The fourth-order valence-corrected chi connectivity index (χ4v) is 3.21. The minimum absolute atomic E-state index is 0.0160. The fourth-order valence-electron chi connectivity index (χ4n) is 2.40. The zero-order valence-corrected chi connectivity index (χ0v) is 16.2. The van der Waals surface area contributed by atoms with Crippen molar-refractivity contribution in [2.75, 3.05) is 0 Å². The summed E-state index contributed by atoms with van der Waals surface area (Å²) in [6.07, 6.45) is 0.695. The van der Waals surface area contributed by atoms with Gasteiger partial charge in [0.25, 0.3) is 0 Å². The molecule has 144 valence electrons. The highest BCUT2D eigenvalue weighted by molar-refractivity contribution is 7.98. The van der Waals surface area contributed by atoms with E-state index in [-0.39, 0.29) is 5.78 Å². The first-order valence-electron chi connectivity index (χ1n) is 8.68. The van der Waals surface area contributed by atoms with Crippen molar-refractivity contribution in [3.63, 3.8) is 0 Å². The summed E-state index contributed by atoms with van der Waals surface area (Å²) in [7, 11) is 0. The average molecular weight is 400 g/mol. The Balaban J connectivity index is 1.75. The van der Waals surface area contributed by atoms with E-state index >= 15 is 0 Å². The molecule has 0 saturated carbocycles. The number of ketones is 1. The van der Waals surface area contributed by atoms with E-state index in [0.717, 1.165) is 11.8 Å². The summed E-state index contributed by atoms with van der Waals surface area (Å²) >= 11 is 1.31. The zero-order valence-electron chi connectivity index (χ0n) is 15.4. The highest BCUT2D eigenvalue weighted by atomic mass is 32.2. The number of rotatable bonds is 7. The van der Waals surface area contributed by atoms with E-state index in [0.29, 0.717) is 40.1 Å². The largest absolute Gasteiger partial charge is 0.439 e. The maximum atomic E-state index is 13.4. The normalized spacial score (nSPS) is 10.7. The summed E-state index contributed by atoms with van der Waals surface area (Å²) in [5.41, 5.74) is 2.04. The molecule has 3 aromatic rings. The third-order valence-electron chi connectivity index (χ3n) is 3.93. The summed E-state index contributed by atoms with van der Waals surface area (Å²) in [5, 5.41) is 0.486. The number of ether oxygens (including phenoxy) is 1. The minimum Gasteiger partial charge on any atom is -0.439 e. The second-order valence-electron chi connectivity index (χ2n) is 6.05. The number of Topliss-reactive ketones (excluding diaryl/α,β-unsaturated/α-hetero) is 1. The van der Waals surface area contributed by atoms with E-state index in [2.05, 4.69) is 9.97 Å². The van der Waals surface area contributed by atoms with E-state index in [1.54, 1.807) is 30.3 Å². The van der Waals surface area contributed by atoms with Crippen LogP contribution in [0.25, 0.3) is 0 Å². The molecule has 0 amide bonds. The molecule has 1 aromatic heterocycles. The molecule has 0 saturated heterocycles. The Labute approximate surface area is 166 Å². The molecule has 7 heteroatoms. The maximum absolute atomic E-state index is 13.4. The van der Waals surface area contributed by atoms with Crippen LogP contribution in [0.5, 0.6) is 11.6 Å². The van der Waals surface area contributed by atoms with Gasteiger partial charge in [-0.3, -0.25) is 4.79 Å². The van der Waals surface area contributed by atoms with Gasteiger partial charge in [0.05, 0.1) is 0 Å². The zero-order chi connectivity index (χ0) is 20.1. The Morgan fingerprint density at radius 2 is 1.79 bits per heavy atom. The molecule has 0 unspecified atom stereocenters. The van der Waals surface area contributed by atoms with Gasteiger partial charge in [-0.1, -0.05) is 24.8 Å². The molecular formula is C21H18F2N2O2S. The van der Waals surface area contributed by atoms with Crippen molar-refractivity contribution in [1.82, 2.24) is 9.97 Å². The van der Waals surface area contributed by atoms with Gasteiger partial charge in [-0.2, -0.15) is 4.98 Å². The first-order chi connectivity index (χ1) is 13.4. The average Bonchev–Trinajstić information content (AvgIpc) is 2.69. The summed E-state index contributed by atoms with van der Waals surface area (Å²) in [6, 6.07) is 12.4. The molecule has 0 aliphatic rings. The first kappa shape index (κ1) is 19.9. The van der Waals surface area contributed by atoms with Gasteiger partial charge < -0.3 is 4.74 Å². The Morgan fingerprint density at radius 3 is 2.43 bits per heavy atom. The molecule has 0 spiro atoms. The number of carbonyl (C=O) groups excluding carboxylic acids is 1. The van der Waals surface area contributed by atoms with Crippen molar-refractivity contribution in [3.8, 4) is 11.6 Å². The number of benzene rings is 2. The summed E-state index contributed by atoms with van der Waals surface area (Å²) < 4.78 is 32.2. The lowest BCUT2D eigenvalue weighted by Crippen LogP contribution is -1.98. The minimum atomic E-state index is -0.876. The SMILES string of the molecule is CCc1cc(Oc2ccc(C(C)=O)cc2)nc(SCc2ccc(F)c(F)c2)n1. The second-order valence-corrected chi connectivity index (χ2v) is 7.00. The van der Waals surface area contributed by atoms with E-state index in [9.17, 15) is 13.6 Å². The lowest BCUT2D eigenvalue weighted by Gasteiger charge is -2.09. The topological polar surface area (TPSA) is 52.1 Å². The molecule has 3 rings (SSSR count). The van der Waals surface area contributed by atoms with Crippen LogP contribution in [0.2, 0.25) is 0 Å². The molecule has 2 aromatic carbocycles. The van der Waals surface area contributed by atoms with Crippen LogP contribution in [-0.2, 0) is 12.2 Å². The third-order valence-corrected chi connectivity index (χ3v) is 4.85. The van der Waals surface area contributed by atoms with Gasteiger partial charge in [0.1, 0.15) is 5.75 Å². The van der Waals surface area contributed by atoms with Crippen molar-refractivity contribution < 1.29 is 18.3 Å².